The van der Waals surface area contributed by atoms with E-state index in [1.54, 1.807) is 6.20 Å². The van der Waals surface area contributed by atoms with Crippen molar-refractivity contribution in [2.45, 2.75) is 40.5 Å². The monoisotopic (exact) mass is 220 g/mol. The molecular formula is C13H20N2O. The van der Waals surface area contributed by atoms with Crippen LogP contribution in [0.15, 0.2) is 12.3 Å². The molecular weight excluding hydrogens is 200 g/mol. The summed E-state index contributed by atoms with van der Waals surface area (Å²) in [5.41, 5.74) is 7.54. The minimum atomic E-state index is -0.272. The van der Waals surface area contributed by atoms with Crippen molar-refractivity contribution in [2.24, 2.45) is 5.41 Å². The Morgan fingerprint density at radius 2 is 2.06 bits per heavy atom. The molecule has 16 heavy (non-hydrogen) atoms. The topological polar surface area (TPSA) is 56.0 Å². The van der Waals surface area contributed by atoms with Crippen LogP contribution in [0.2, 0.25) is 0 Å². The third-order valence-electron chi connectivity index (χ3n) is 2.60. The highest BCUT2D eigenvalue weighted by Gasteiger charge is 2.20. The van der Waals surface area contributed by atoms with Gasteiger partial charge in [-0.25, -0.2) is 4.98 Å². The highest BCUT2D eigenvalue weighted by atomic mass is 16.1. The van der Waals surface area contributed by atoms with Crippen LogP contribution in [0.4, 0.5) is 5.82 Å². The number of aryl methyl sites for hydroxylation is 2. The summed E-state index contributed by atoms with van der Waals surface area (Å²) in [5, 5.41) is 0. The second-order valence-corrected chi connectivity index (χ2v) is 5.23. The molecule has 3 nitrogen and oxygen atoms in total. The average molecular weight is 220 g/mol. The molecule has 0 amide bonds. The zero-order valence-electron chi connectivity index (χ0n) is 10.5. The van der Waals surface area contributed by atoms with E-state index in [9.17, 15) is 4.79 Å². The van der Waals surface area contributed by atoms with Crippen LogP contribution in [0.1, 0.15) is 38.3 Å². The maximum atomic E-state index is 11.8. The quantitative estimate of drug-likeness (QED) is 0.851. The Morgan fingerprint density at radius 1 is 1.44 bits per heavy atom. The highest BCUT2D eigenvalue weighted by molar-refractivity contribution is 5.83. The summed E-state index contributed by atoms with van der Waals surface area (Å²) < 4.78 is 0. The molecule has 0 saturated carbocycles. The fraction of sp³-hybridized carbons (Fsp3) is 0.538. The van der Waals surface area contributed by atoms with Gasteiger partial charge in [0.1, 0.15) is 11.6 Å². The summed E-state index contributed by atoms with van der Waals surface area (Å²) in [6.45, 7) is 7.79. The molecule has 3 heteroatoms. The zero-order chi connectivity index (χ0) is 12.3. The molecule has 0 bridgehead atoms. The van der Waals surface area contributed by atoms with Gasteiger partial charge in [-0.3, -0.25) is 4.79 Å². The smallest absolute Gasteiger partial charge is 0.138 e. The van der Waals surface area contributed by atoms with Crippen LogP contribution in [0, 0.1) is 12.3 Å². The van der Waals surface area contributed by atoms with Gasteiger partial charge >= 0.3 is 0 Å². The van der Waals surface area contributed by atoms with E-state index < -0.39 is 0 Å². The van der Waals surface area contributed by atoms with Gasteiger partial charge in [0.25, 0.3) is 0 Å². The molecule has 0 fully saturated rings. The minimum Gasteiger partial charge on any atom is -0.383 e. The van der Waals surface area contributed by atoms with Gasteiger partial charge in [0.05, 0.1) is 0 Å². The first-order valence-corrected chi connectivity index (χ1v) is 5.55. The lowest BCUT2D eigenvalue weighted by Crippen LogP contribution is -2.20. The van der Waals surface area contributed by atoms with Crippen molar-refractivity contribution < 1.29 is 4.79 Å². The molecule has 1 rings (SSSR count). The summed E-state index contributed by atoms with van der Waals surface area (Å²) in [6, 6.07) is 2.00. The van der Waals surface area contributed by atoms with Crippen molar-refractivity contribution in [1.29, 1.82) is 0 Å². The average Bonchev–Trinajstić information content (AvgIpc) is 2.17. The number of anilines is 1. The normalized spacial score (nSPS) is 11.5. The number of aromatic nitrogens is 1. The Labute approximate surface area is 97.1 Å². The maximum absolute atomic E-state index is 11.8. The Kier molecular flexibility index (Phi) is 3.68. The van der Waals surface area contributed by atoms with Gasteiger partial charge in [-0.05, 0) is 24.5 Å². The lowest BCUT2D eigenvalue weighted by Gasteiger charge is -2.16. The van der Waals surface area contributed by atoms with Gasteiger partial charge in [-0.1, -0.05) is 26.8 Å². The molecule has 1 aromatic heterocycles. The van der Waals surface area contributed by atoms with Crippen LogP contribution in [-0.2, 0) is 11.2 Å². The summed E-state index contributed by atoms with van der Waals surface area (Å²) in [4.78, 5) is 15.9. The largest absolute Gasteiger partial charge is 0.383 e. The van der Waals surface area contributed by atoms with Crippen LogP contribution in [-0.4, -0.2) is 10.8 Å². The number of rotatable bonds is 3. The molecule has 88 valence electrons. The first kappa shape index (κ1) is 12.7. The Morgan fingerprint density at radius 3 is 2.62 bits per heavy atom. The Balaban J connectivity index is 2.68. The minimum absolute atomic E-state index is 0.258. The van der Waals surface area contributed by atoms with Crippen LogP contribution in [0.3, 0.4) is 0 Å². The number of carbonyl (C=O) groups is 1. The number of nitrogens with two attached hydrogens (primary N) is 1. The van der Waals surface area contributed by atoms with Gasteiger partial charge < -0.3 is 5.73 Å². The standard InChI is InChI=1S/C13H20N2O/c1-9-7-10(12(14)15-8-9)5-6-11(16)13(2,3)4/h7-8H,5-6H2,1-4H3,(H2,14,15). The molecule has 2 N–H and O–H groups in total. The number of hydrogen-bond acceptors (Lipinski definition) is 3. The lowest BCUT2D eigenvalue weighted by atomic mass is 9.87. The number of Topliss-reactive ketones (excluding diaryl/α,β-unsaturated/α-hetero) is 1. The van der Waals surface area contributed by atoms with Gasteiger partial charge in [0.15, 0.2) is 0 Å². The fourth-order valence-corrected chi connectivity index (χ4v) is 1.46. The van der Waals surface area contributed by atoms with E-state index >= 15 is 0 Å². The van der Waals surface area contributed by atoms with Crippen LogP contribution >= 0.6 is 0 Å². The van der Waals surface area contributed by atoms with E-state index in [2.05, 4.69) is 4.98 Å². The molecule has 0 aliphatic heterocycles. The summed E-state index contributed by atoms with van der Waals surface area (Å²) in [6.07, 6.45) is 2.94. The number of pyridine rings is 1. The lowest BCUT2D eigenvalue weighted by molar-refractivity contribution is -0.126. The first-order valence-electron chi connectivity index (χ1n) is 5.55. The number of ketones is 1. The second kappa shape index (κ2) is 4.64. The molecule has 0 spiro atoms. The van der Waals surface area contributed by atoms with E-state index in [4.69, 9.17) is 5.73 Å². The van der Waals surface area contributed by atoms with Crippen molar-refractivity contribution in [3.63, 3.8) is 0 Å². The van der Waals surface area contributed by atoms with Crippen molar-refractivity contribution >= 4 is 11.6 Å². The van der Waals surface area contributed by atoms with E-state index in [-0.39, 0.29) is 11.2 Å². The second-order valence-electron chi connectivity index (χ2n) is 5.23. The predicted octanol–water partition coefficient (Wildman–Crippen LogP) is 2.52. The molecule has 0 aromatic carbocycles. The summed E-state index contributed by atoms with van der Waals surface area (Å²) >= 11 is 0. The Hall–Kier alpha value is -1.38. The van der Waals surface area contributed by atoms with Crippen LogP contribution in [0.25, 0.3) is 0 Å². The predicted molar refractivity (Wildman–Crippen MR) is 66.2 cm³/mol. The van der Waals surface area contributed by atoms with Gasteiger partial charge in [-0.2, -0.15) is 0 Å². The first-order chi connectivity index (χ1) is 7.30. The number of carbonyl (C=O) groups excluding carboxylic acids is 1. The van der Waals surface area contributed by atoms with Crippen molar-refractivity contribution in [1.82, 2.24) is 4.98 Å². The summed E-state index contributed by atoms with van der Waals surface area (Å²) in [7, 11) is 0. The molecule has 0 radical (unpaired) electrons. The van der Waals surface area contributed by atoms with E-state index in [1.165, 1.54) is 0 Å². The molecule has 0 atom stereocenters. The summed E-state index contributed by atoms with van der Waals surface area (Å²) in [5.74, 6) is 0.792. The third kappa shape index (κ3) is 3.33. The highest BCUT2D eigenvalue weighted by Crippen LogP contribution is 2.20. The molecule has 1 aromatic rings. The number of nitrogen functional groups attached to an aromatic ring is 1. The molecule has 0 unspecified atom stereocenters. The van der Waals surface area contributed by atoms with Crippen molar-refractivity contribution in [2.75, 3.05) is 5.73 Å². The SMILES string of the molecule is Cc1cnc(N)c(CCC(=O)C(C)(C)C)c1. The molecule has 1 heterocycles. The van der Waals surface area contributed by atoms with Crippen molar-refractivity contribution in [3.05, 3.63) is 23.4 Å². The van der Waals surface area contributed by atoms with E-state index in [0.717, 1.165) is 11.1 Å². The maximum Gasteiger partial charge on any atom is 0.138 e. The van der Waals surface area contributed by atoms with Crippen molar-refractivity contribution in [3.8, 4) is 0 Å². The zero-order valence-corrected chi connectivity index (χ0v) is 10.5. The van der Waals surface area contributed by atoms with Crippen LogP contribution in [0.5, 0.6) is 0 Å². The van der Waals surface area contributed by atoms with E-state index in [1.807, 2.05) is 33.8 Å². The Bertz CT molecular complexity index is 391. The van der Waals surface area contributed by atoms with Crippen LogP contribution < -0.4 is 5.73 Å². The van der Waals surface area contributed by atoms with E-state index in [0.29, 0.717) is 18.7 Å². The molecule has 0 aliphatic rings. The van der Waals surface area contributed by atoms with Gasteiger partial charge in [-0.15, -0.1) is 0 Å². The molecule has 0 saturated heterocycles. The fourth-order valence-electron chi connectivity index (χ4n) is 1.46. The van der Waals surface area contributed by atoms with Gasteiger partial charge in [0.2, 0.25) is 0 Å². The number of nitrogens with zero attached hydrogens (tertiary/aromatic N) is 1. The molecule has 0 aliphatic carbocycles. The number of hydrogen-bond donors (Lipinski definition) is 1. The van der Waals surface area contributed by atoms with Gasteiger partial charge in [0, 0.05) is 18.0 Å². The third-order valence-corrected chi connectivity index (χ3v) is 2.60.